The van der Waals surface area contributed by atoms with Gasteiger partial charge in [-0.15, -0.1) is 0 Å². The molecule has 0 saturated heterocycles. The Labute approximate surface area is 139 Å². The number of aromatic nitrogens is 1. The van der Waals surface area contributed by atoms with E-state index < -0.39 is 10.1 Å². The van der Waals surface area contributed by atoms with Gasteiger partial charge in [0.25, 0.3) is 0 Å². The zero-order valence-electron chi connectivity index (χ0n) is 12.8. The quantitative estimate of drug-likeness (QED) is 0.737. The van der Waals surface area contributed by atoms with Crippen LogP contribution in [-0.2, 0) is 14.9 Å². The summed E-state index contributed by atoms with van der Waals surface area (Å²) in [5, 5.41) is 3.15. The number of anilines is 1. The lowest BCUT2D eigenvalue weighted by atomic mass is 10.1. The Morgan fingerprint density at radius 2 is 1.79 bits per heavy atom. The Morgan fingerprint density at radius 1 is 1.04 bits per heavy atom. The fourth-order valence-electron chi connectivity index (χ4n) is 2.26. The molecule has 1 N–H and O–H groups in total. The number of hydrogen-bond acceptors (Lipinski definition) is 5. The number of amides is 1. The molecule has 0 unspecified atom stereocenters. The second-order valence-corrected chi connectivity index (χ2v) is 6.59. The Bertz CT molecular complexity index is 1000. The first kappa shape index (κ1) is 15.9. The van der Waals surface area contributed by atoms with Crippen molar-refractivity contribution in [3.8, 4) is 5.75 Å². The highest BCUT2D eigenvalue weighted by molar-refractivity contribution is 7.87. The summed E-state index contributed by atoms with van der Waals surface area (Å²) in [4.78, 5) is 15.6. The Kier molecular flexibility index (Phi) is 4.18. The third-order valence-corrected chi connectivity index (χ3v) is 4.52. The molecule has 0 bridgehead atoms. The van der Waals surface area contributed by atoms with Gasteiger partial charge in [-0.3, -0.25) is 9.78 Å². The summed E-state index contributed by atoms with van der Waals surface area (Å²) in [6, 6.07) is 14.3. The van der Waals surface area contributed by atoms with Gasteiger partial charge in [0, 0.05) is 18.5 Å². The molecule has 1 aromatic heterocycles. The molecule has 0 saturated carbocycles. The highest BCUT2D eigenvalue weighted by Gasteiger charge is 2.18. The normalized spacial score (nSPS) is 11.2. The van der Waals surface area contributed by atoms with Gasteiger partial charge in [0.2, 0.25) is 5.91 Å². The van der Waals surface area contributed by atoms with Gasteiger partial charge in [0.15, 0.2) is 5.75 Å². The van der Waals surface area contributed by atoms with Crippen LogP contribution in [0.25, 0.3) is 10.9 Å². The van der Waals surface area contributed by atoms with Crippen molar-refractivity contribution in [2.45, 2.75) is 11.8 Å². The van der Waals surface area contributed by atoms with Gasteiger partial charge in [0.1, 0.15) is 4.90 Å². The summed E-state index contributed by atoms with van der Waals surface area (Å²) >= 11 is 0. The molecule has 24 heavy (non-hydrogen) atoms. The highest BCUT2D eigenvalue weighted by Crippen LogP contribution is 2.32. The Hall–Kier alpha value is -2.93. The van der Waals surface area contributed by atoms with E-state index in [1.165, 1.54) is 25.1 Å². The average Bonchev–Trinajstić information content (AvgIpc) is 2.57. The molecule has 0 aliphatic heterocycles. The molecule has 1 heterocycles. The first-order valence-electron chi connectivity index (χ1n) is 7.12. The summed E-state index contributed by atoms with van der Waals surface area (Å²) < 4.78 is 30.1. The highest BCUT2D eigenvalue weighted by atomic mass is 32.2. The van der Waals surface area contributed by atoms with Gasteiger partial charge in [0.05, 0.1) is 11.2 Å². The van der Waals surface area contributed by atoms with Crippen molar-refractivity contribution in [3.05, 3.63) is 60.8 Å². The average molecular weight is 342 g/mol. The Balaban J connectivity index is 2.07. The lowest BCUT2D eigenvalue weighted by Crippen LogP contribution is -2.11. The van der Waals surface area contributed by atoms with Gasteiger partial charge >= 0.3 is 10.1 Å². The van der Waals surface area contributed by atoms with Gasteiger partial charge < -0.3 is 9.50 Å². The Morgan fingerprint density at radius 3 is 2.50 bits per heavy atom. The standard InChI is InChI=1S/C17H14N2O4S/c1-12(20)19-15-9-10-16(14-8-5-11-18-17(14)15)23-24(21,22)13-6-3-2-4-7-13/h2-11H,1H3,(H,19,20). The van der Waals surface area contributed by atoms with Crippen molar-refractivity contribution >= 4 is 32.6 Å². The molecule has 0 aliphatic rings. The van der Waals surface area contributed by atoms with Crippen LogP contribution >= 0.6 is 0 Å². The molecule has 0 radical (unpaired) electrons. The number of hydrogen-bond donors (Lipinski definition) is 1. The molecule has 7 heteroatoms. The maximum Gasteiger partial charge on any atom is 0.339 e. The van der Waals surface area contributed by atoms with Crippen molar-refractivity contribution in [1.29, 1.82) is 0 Å². The van der Waals surface area contributed by atoms with Crippen molar-refractivity contribution in [2.75, 3.05) is 5.32 Å². The van der Waals surface area contributed by atoms with Crippen molar-refractivity contribution in [2.24, 2.45) is 0 Å². The lowest BCUT2D eigenvalue weighted by Gasteiger charge is -2.12. The summed E-state index contributed by atoms with van der Waals surface area (Å²) in [5.74, 6) is -0.0939. The van der Waals surface area contributed by atoms with E-state index in [2.05, 4.69) is 10.3 Å². The second-order valence-electron chi connectivity index (χ2n) is 5.04. The molecule has 122 valence electrons. The molecule has 3 rings (SSSR count). The number of carbonyl (C=O) groups excluding carboxylic acids is 1. The third-order valence-electron chi connectivity index (χ3n) is 3.27. The minimum atomic E-state index is -3.96. The molecule has 6 nitrogen and oxygen atoms in total. The van der Waals surface area contributed by atoms with E-state index in [9.17, 15) is 13.2 Å². The summed E-state index contributed by atoms with van der Waals surface area (Å²) in [7, 11) is -3.96. The fraction of sp³-hybridized carbons (Fsp3) is 0.0588. The molecule has 1 amide bonds. The number of benzene rings is 2. The molecule has 0 aliphatic carbocycles. The molecular formula is C17H14N2O4S. The molecule has 0 atom stereocenters. The van der Waals surface area contributed by atoms with Crippen molar-refractivity contribution in [3.63, 3.8) is 0 Å². The van der Waals surface area contributed by atoms with E-state index in [1.807, 2.05) is 0 Å². The number of nitrogens with one attached hydrogen (secondary N) is 1. The summed E-state index contributed by atoms with van der Waals surface area (Å²) in [5.41, 5.74) is 0.941. The smallest absolute Gasteiger partial charge is 0.339 e. The van der Waals surface area contributed by atoms with Crippen molar-refractivity contribution < 1.29 is 17.4 Å². The number of pyridine rings is 1. The third kappa shape index (κ3) is 3.21. The van der Waals surface area contributed by atoms with E-state index in [-0.39, 0.29) is 16.6 Å². The van der Waals surface area contributed by atoms with E-state index in [0.29, 0.717) is 16.6 Å². The molecule has 0 spiro atoms. The van der Waals surface area contributed by atoms with Crippen LogP contribution < -0.4 is 9.50 Å². The van der Waals surface area contributed by atoms with Crippen LogP contribution in [0.3, 0.4) is 0 Å². The van der Waals surface area contributed by atoms with E-state index in [1.54, 1.807) is 42.6 Å². The van der Waals surface area contributed by atoms with E-state index in [4.69, 9.17) is 4.18 Å². The van der Waals surface area contributed by atoms with Gasteiger partial charge in [-0.1, -0.05) is 18.2 Å². The van der Waals surface area contributed by atoms with Gasteiger partial charge in [-0.2, -0.15) is 8.42 Å². The van der Waals surface area contributed by atoms with Gasteiger partial charge in [-0.25, -0.2) is 0 Å². The molecular weight excluding hydrogens is 328 g/mol. The van der Waals surface area contributed by atoms with E-state index in [0.717, 1.165) is 0 Å². The predicted octanol–water partition coefficient (Wildman–Crippen LogP) is 2.96. The van der Waals surface area contributed by atoms with Crippen LogP contribution in [0.1, 0.15) is 6.92 Å². The van der Waals surface area contributed by atoms with Gasteiger partial charge in [-0.05, 0) is 36.4 Å². The zero-order chi connectivity index (χ0) is 17.2. The van der Waals surface area contributed by atoms with Crippen LogP contribution in [0.5, 0.6) is 5.75 Å². The zero-order valence-corrected chi connectivity index (χ0v) is 13.6. The second kappa shape index (κ2) is 6.29. The SMILES string of the molecule is CC(=O)Nc1ccc(OS(=O)(=O)c2ccccc2)c2cccnc12. The first-order chi connectivity index (χ1) is 11.5. The number of rotatable bonds is 4. The lowest BCUT2D eigenvalue weighted by molar-refractivity contribution is -0.114. The minimum absolute atomic E-state index is 0.0629. The molecule has 3 aromatic rings. The fourth-order valence-corrected chi connectivity index (χ4v) is 3.23. The summed E-state index contributed by atoms with van der Waals surface area (Å²) in [6.07, 6.45) is 1.56. The van der Waals surface area contributed by atoms with Crippen LogP contribution in [0.2, 0.25) is 0 Å². The van der Waals surface area contributed by atoms with Crippen LogP contribution in [-0.4, -0.2) is 19.3 Å². The molecule has 0 fully saturated rings. The predicted molar refractivity (Wildman–Crippen MR) is 90.3 cm³/mol. The van der Waals surface area contributed by atoms with Crippen molar-refractivity contribution in [1.82, 2.24) is 4.98 Å². The monoisotopic (exact) mass is 342 g/mol. The first-order valence-corrected chi connectivity index (χ1v) is 8.53. The van der Waals surface area contributed by atoms with Crippen LogP contribution in [0, 0.1) is 0 Å². The largest absolute Gasteiger partial charge is 0.378 e. The topological polar surface area (TPSA) is 85.4 Å². The maximum atomic E-state index is 12.4. The van der Waals surface area contributed by atoms with E-state index >= 15 is 0 Å². The molecule has 2 aromatic carbocycles. The number of fused-ring (bicyclic) bond motifs is 1. The maximum absolute atomic E-state index is 12.4. The van der Waals surface area contributed by atoms with Crippen LogP contribution in [0.15, 0.2) is 65.7 Å². The number of nitrogens with zero attached hydrogens (tertiary/aromatic N) is 1. The summed E-state index contributed by atoms with van der Waals surface area (Å²) in [6.45, 7) is 1.39. The van der Waals surface area contributed by atoms with Crippen LogP contribution in [0.4, 0.5) is 5.69 Å². The minimum Gasteiger partial charge on any atom is -0.378 e. The number of carbonyl (C=O) groups is 1.